The lowest BCUT2D eigenvalue weighted by Crippen LogP contribution is -2.33. The third kappa shape index (κ3) is 19.1. The molecule has 0 aliphatic rings. The molecular weight excluding hydrogens is 497 g/mol. The van der Waals surface area contributed by atoms with E-state index < -0.39 is 18.9 Å². The van der Waals surface area contributed by atoms with E-state index in [4.69, 9.17) is 25.2 Å². The molecule has 0 amide bonds. The maximum absolute atomic E-state index is 12.4. The maximum Gasteiger partial charge on any atom is 0.409 e. The number of hydrogen-bond acceptors (Lipinski definition) is 5. The predicted molar refractivity (Wildman–Crippen MR) is 150 cm³/mol. The first kappa shape index (κ1) is 33.0. The second-order valence-corrected chi connectivity index (χ2v) is 12.2. The van der Waals surface area contributed by atoms with Gasteiger partial charge in [-0.25, -0.2) is 9.65 Å². The minimum absolute atomic E-state index is 0.246. The average molecular weight is 546 g/mol. The van der Waals surface area contributed by atoms with Crippen LogP contribution in [0.5, 0.6) is 5.75 Å². The lowest BCUT2D eigenvalue weighted by molar-refractivity contribution is -0.145. The Kier molecular flexibility index (Phi) is 20.1. The van der Waals surface area contributed by atoms with E-state index in [1.54, 1.807) is 24.3 Å². The van der Waals surface area contributed by atoms with Gasteiger partial charge >= 0.3 is 12.8 Å². The van der Waals surface area contributed by atoms with Crippen LogP contribution in [0.1, 0.15) is 110 Å². The number of rotatable bonds is 24. The Labute approximate surface area is 224 Å². The van der Waals surface area contributed by atoms with E-state index in [1.165, 1.54) is 90.4 Å². The van der Waals surface area contributed by atoms with E-state index in [9.17, 15) is 9.36 Å². The smallest absolute Gasteiger partial charge is 0.409 e. The van der Waals surface area contributed by atoms with Crippen LogP contribution in [0, 0.1) is 0 Å². The fourth-order valence-corrected chi connectivity index (χ4v) is 5.58. The Morgan fingerprint density at radius 3 is 1.86 bits per heavy atom. The minimum Gasteiger partial charge on any atom is -0.464 e. The van der Waals surface area contributed by atoms with Gasteiger partial charge in [-0.1, -0.05) is 109 Å². The summed E-state index contributed by atoms with van der Waals surface area (Å²) in [6.07, 6.45) is 19.4. The summed E-state index contributed by atoms with van der Waals surface area (Å²) in [6, 6.07) is 7.71. The topological polar surface area (TPSA) is 73.9 Å². The van der Waals surface area contributed by atoms with Crippen LogP contribution in [-0.2, 0) is 18.8 Å². The van der Waals surface area contributed by atoms with Crippen molar-refractivity contribution in [1.29, 1.82) is 0 Å². The zero-order valence-corrected chi connectivity index (χ0v) is 24.2. The van der Waals surface area contributed by atoms with Crippen molar-refractivity contribution in [1.82, 2.24) is 5.09 Å². The average Bonchev–Trinajstić information content (AvgIpc) is 2.85. The Morgan fingerprint density at radius 1 is 0.806 bits per heavy atom. The number of benzene rings is 1. The predicted octanol–water partition coefficient (Wildman–Crippen LogP) is 8.82. The van der Waals surface area contributed by atoms with Gasteiger partial charge in [-0.05, 0) is 25.5 Å². The van der Waals surface area contributed by atoms with Gasteiger partial charge in [0.1, 0.15) is 11.8 Å². The van der Waals surface area contributed by atoms with Crippen molar-refractivity contribution in [2.75, 3.05) is 19.8 Å². The molecule has 0 aliphatic carbocycles. The standard InChI is InChI=1S/C28H49ClNO5P/c1-3-4-5-6-7-8-9-10-11-12-13-14-15-19-23-33-24-20-25-34-28(31)26(2)30-36(29,32)35-27-21-17-16-18-22-27/h16-18,21-22,26H,3-15,19-20,23-25H2,1-2H3,(H,30,32). The number of ether oxygens (including phenoxy) is 2. The van der Waals surface area contributed by atoms with E-state index in [2.05, 4.69) is 12.0 Å². The first-order chi connectivity index (χ1) is 17.4. The van der Waals surface area contributed by atoms with Crippen molar-refractivity contribution in [2.24, 2.45) is 0 Å². The normalized spacial score (nSPS) is 13.8. The molecule has 0 radical (unpaired) electrons. The van der Waals surface area contributed by atoms with Crippen LogP contribution >= 0.6 is 18.1 Å². The van der Waals surface area contributed by atoms with Gasteiger partial charge in [0.25, 0.3) is 0 Å². The fourth-order valence-electron chi connectivity index (χ4n) is 3.89. The minimum atomic E-state index is -3.71. The van der Waals surface area contributed by atoms with Gasteiger partial charge in [0, 0.05) is 30.9 Å². The van der Waals surface area contributed by atoms with Crippen molar-refractivity contribution in [2.45, 2.75) is 116 Å². The van der Waals surface area contributed by atoms with E-state index in [1.807, 2.05) is 6.07 Å². The molecule has 1 aromatic carbocycles. The number of halogens is 1. The van der Waals surface area contributed by atoms with Crippen LogP contribution in [0.3, 0.4) is 0 Å². The Hall–Kier alpha value is -1.07. The molecule has 0 spiro atoms. The second kappa shape index (κ2) is 22.0. The quantitative estimate of drug-likeness (QED) is 0.0794. The molecule has 0 aromatic heterocycles. The molecule has 8 heteroatoms. The summed E-state index contributed by atoms with van der Waals surface area (Å²) < 4.78 is 28.5. The molecule has 6 nitrogen and oxygen atoms in total. The summed E-state index contributed by atoms with van der Waals surface area (Å²) in [4.78, 5) is 12.1. The van der Waals surface area contributed by atoms with E-state index >= 15 is 0 Å². The summed E-state index contributed by atoms with van der Waals surface area (Å²) in [6.45, 7) is 1.65. The van der Waals surface area contributed by atoms with Crippen LogP contribution in [0.2, 0.25) is 0 Å². The van der Waals surface area contributed by atoms with Gasteiger partial charge in [0.05, 0.1) is 6.61 Å². The number of para-hydroxylation sites is 1. The van der Waals surface area contributed by atoms with Gasteiger partial charge in [-0.15, -0.1) is 0 Å². The summed E-state index contributed by atoms with van der Waals surface area (Å²) >= 11 is 5.92. The maximum atomic E-state index is 12.4. The summed E-state index contributed by atoms with van der Waals surface area (Å²) in [7, 11) is 0. The molecule has 0 aliphatic heterocycles. The molecule has 2 atom stereocenters. The summed E-state index contributed by atoms with van der Waals surface area (Å²) in [5.41, 5.74) is 0. The van der Waals surface area contributed by atoms with Crippen molar-refractivity contribution >= 4 is 24.1 Å². The molecule has 0 saturated heterocycles. The highest BCUT2D eigenvalue weighted by atomic mass is 35.7. The van der Waals surface area contributed by atoms with Crippen LogP contribution in [0.25, 0.3) is 0 Å². The van der Waals surface area contributed by atoms with Crippen molar-refractivity contribution in [3.8, 4) is 5.75 Å². The lowest BCUT2D eigenvalue weighted by Gasteiger charge is -2.18. The number of nitrogens with one attached hydrogen (secondary N) is 1. The first-order valence-corrected chi connectivity index (χ1v) is 16.5. The Balaban J connectivity index is 1.88. The summed E-state index contributed by atoms with van der Waals surface area (Å²) in [5, 5.41) is 2.51. The molecule has 1 N–H and O–H groups in total. The molecule has 0 heterocycles. The molecule has 2 unspecified atom stereocenters. The number of esters is 1. The number of carbonyl (C=O) groups excluding carboxylic acids is 1. The number of hydrogen-bond donors (Lipinski definition) is 1. The van der Waals surface area contributed by atoms with Gasteiger partial charge in [0.15, 0.2) is 0 Å². The van der Waals surface area contributed by atoms with Crippen molar-refractivity contribution < 1.29 is 23.4 Å². The highest BCUT2D eigenvalue weighted by Crippen LogP contribution is 2.48. The highest BCUT2D eigenvalue weighted by Gasteiger charge is 2.28. The van der Waals surface area contributed by atoms with E-state index in [0.29, 0.717) is 18.8 Å². The second-order valence-electron chi connectivity index (χ2n) is 9.46. The third-order valence-electron chi connectivity index (χ3n) is 5.99. The van der Waals surface area contributed by atoms with Crippen LogP contribution < -0.4 is 9.61 Å². The van der Waals surface area contributed by atoms with Crippen LogP contribution in [0.15, 0.2) is 30.3 Å². The van der Waals surface area contributed by atoms with Gasteiger partial charge in [-0.3, -0.25) is 4.79 Å². The summed E-state index contributed by atoms with van der Waals surface area (Å²) in [5.74, 6) is -0.167. The monoisotopic (exact) mass is 545 g/mol. The molecule has 0 bridgehead atoms. The zero-order valence-electron chi connectivity index (χ0n) is 22.6. The number of carbonyl (C=O) groups is 1. The third-order valence-corrected chi connectivity index (χ3v) is 7.63. The van der Waals surface area contributed by atoms with E-state index in [0.717, 1.165) is 13.0 Å². The molecule has 1 rings (SSSR count). The fraction of sp³-hybridized carbons (Fsp3) is 0.750. The van der Waals surface area contributed by atoms with Crippen molar-refractivity contribution in [3.63, 3.8) is 0 Å². The molecule has 0 fully saturated rings. The van der Waals surface area contributed by atoms with Crippen LogP contribution in [-0.4, -0.2) is 31.8 Å². The molecule has 208 valence electrons. The van der Waals surface area contributed by atoms with Gasteiger partial charge in [0.2, 0.25) is 0 Å². The van der Waals surface area contributed by atoms with Gasteiger partial charge < -0.3 is 14.0 Å². The molecule has 0 saturated carbocycles. The Bertz CT molecular complexity index is 706. The highest BCUT2D eigenvalue weighted by molar-refractivity contribution is 7.84. The van der Waals surface area contributed by atoms with Crippen molar-refractivity contribution in [3.05, 3.63) is 30.3 Å². The molecular formula is C28H49ClNO5P. The lowest BCUT2D eigenvalue weighted by atomic mass is 10.0. The van der Waals surface area contributed by atoms with E-state index in [-0.39, 0.29) is 6.61 Å². The SMILES string of the molecule is CCCCCCCCCCCCCCCCOCCCOC(=O)C(C)NP(=O)(Cl)Oc1ccccc1. The van der Waals surface area contributed by atoms with Gasteiger partial charge in [-0.2, -0.15) is 0 Å². The largest absolute Gasteiger partial charge is 0.464 e. The zero-order chi connectivity index (χ0) is 26.3. The first-order valence-electron chi connectivity index (χ1n) is 14.0. The Morgan fingerprint density at radius 2 is 1.31 bits per heavy atom. The molecule has 36 heavy (non-hydrogen) atoms. The number of unbranched alkanes of at least 4 members (excludes halogenated alkanes) is 13. The van der Waals surface area contributed by atoms with Crippen LogP contribution in [0.4, 0.5) is 0 Å². The molecule has 1 aromatic rings.